The highest BCUT2D eigenvalue weighted by molar-refractivity contribution is 5.95. The summed E-state index contributed by atoms with van der Waals surface area (Å²) in [7, 11) is 0. The third kappa shape index (κ3) is 3.12. The van der Waals surface area contributed by atoms with Crippen LogP contribution in [-0.2, 0) is 11.0 Å². The maximum Gasteiger partial charge on any atom is 0.416 e. The van der Waals surface area contributed by atoms with E-state index in [2.05, 4.69) is 0 Å². The first-order valence-electron chi connectivity index (χ1n) is 4.46. The molecule has 0 heterocycles. The van der Waals surface area contributed by atoms with Crippen LogP contribution in [0, 0.1) is 0 Å². The molecule has 0 bridgehead atoms. The van der Waals surface area contributed by atoms with Gasteiger partial charge in [-0.1, -0.05) is 12.1 Å². The lowest BCUT2D eigenvalue weighted by molar-refractivity contribution is -0.137. The maximum atomic E-state index is 12.4. The van der Waals surface area contributed by atoms with Gasteiger partial charge in [-0.25, -0.2) is 0 Å². The number of rotatable bonds is 2. The first-order chi connectivity index (χ1) is 7.30. The molecule has 0 fully saturated rings. The number of carbonyl (C=O) groups is 1. The minimum absolute atomic E-state index is 0.208. The van der Waals surface area contributed by atoms with E-state index in [1.165, 1.54) is 25.1 Å². The van der Waals surface area contributed by atoms with Crippen LogP contribution >= 0.6 is 0 Å². The van der Waals surface area contributed by atoms with Gasteiger partial charge in [-0.15, -0.1) is 0 Å². The van der Waals surface area contributed by atoms with Crippen molar-refractivity contribution in [2.75, 3.05) is 0 Å². The quantitative estimate of drug-likeness (QED) is 0.778. The zero-order valence-electron chi connectivity index (χ0n) is 8.51. The Morgan fingerprint density at radius 3 is 2.50 bits per heavy atom. The number of nitrogens with two attached hydrogens (primary N) is 1. The highest BCUT2D eigenvalue weighted by Gasteiger charge is 2.30. The number of halogens is 3. The summed E-state index contributed by atoms with van der Waals surface area (Å²) in [6.07, 6.45) is -3.07. The topological polar surface area (TPSA) is 43.1 Å². The van der Waals surface area contributed by atoms with Crippen molar-refractivity contribution < 1.29 is 18.0 Å². The molecule has 1 aromatic rings. The molecule has 0 saturated heterocycles. The van der Waals surface area contributed by atoms with Crippen LogP contribution in [0.1, 0.15) is 18.1 Å². The Kier molecular flexibility index (Phi) is 3.37. The van der Waals surface area contributed by atoms with E-state index in [4.69, 9.17) is 5.73 Å². The van der Waals surface area contributed by atoms with Crippen LogP contribution in [0.3, 0.4) is 0 Å². The first-order valence-corrected chi connectivity index (χ1v) is 4.46. The molecular formula is C11H10F3NO. The van der Waals surface area contributed by atoms with Gasteiger partial charge in [0.2, 0.25) is 5.91 Å². The zero-order chi connectivity index (χ0) is 12.3. The zero-order valence-corrected chi connectivity index (χ0v) is 8.51. The second kappa shape index (κ2) is 4.38. The summed E-state index contributed by atoms with van der Waals surface area (Å²) in [6, 6.07) is 4.69. The second-order valence-electron chi connectivity index (χ2n) is 3.31. The van der Waals surface area contributed by atoms with Crippen molar-refractivity contribution in [2.45, 2.75) is 13.1 Å². The van der Waals surface area contributed by atoms with Gasteiger partial charge < -0.3 is 5.73 Å². The highest BCUT2D eigenvalue weighted by atomic mass is 19.4. The molecule has 0 radical (unpaired) electrons. The number of hydrogen-bond donors (Lipinski definition) is 1. The Hall–Kier alpha value is -1.78. The summed E-state index contributed by atoms with van der Waals surface area (Å²) >= 11 is 0. The summed E-state index contributed by atoms with van der Waals surface area (Å²) in [5.74, 6) is -0.655. The second-order valence-corrected chi connectivity index (χ2v) is 3.31. The molecule has 0 spiro atoms. The third-order valence-electron chi connectivity index (χ3n) is 1.99. The van der Waals surface area contributed by atoms with Crippen molar-refractivity contribution in [3.63, 3.8) is 0 Å². The van der Waals surface area contributed by atoms with Crippen molar-refractivity contribution in [2.24, 2.45) is 5.73 Å². The summed E-state index contributed by atoms with van der Waals surface area (Å²) in [6.45, 7) is 1.45. The lowest BCUT2D eigenvalue weighted by Crippen LogP contribution is -2.11. The van der Waals surface area contributed by atoms with Gasteiger partial charge in [0.1, 0.15) is 0 Å². The lowest BCUT2D eigenvalue weighted by atomic mass is 10.1. The smallest absolute Gasteiger partial charge is 0.366 e. The maximum absolute atomic E-state index is 12.4. The fourth-order valence-electron chi connectivity index (χ4n) is 1.13. The van der Waals surface area contributed by atoms with Gasteiger partial charge in [0, 0.05) is 5.57 Å². The molecule has 5 heteroatoms. The molecule has 86 valence electrons. The predicted octanol–water partition coefficient (Wildman–Crippen LogP) is 2.59. The average Bonchev–Trinajstić information content (AvgIpc) is 2.16. The highest BCUT2D eigenvalue weighted by Crippen LogP contribution is 2.29. The van der Waals surface area contributed by atoms with E-state index in [-0.39, 0.29) is 5.57 Å². The fourth-order valence-corrected chi connectivity index (χ4v) is 1.13. The van der Waals surface area contributed by atoms with E-state index in [1.807, 2.05) is 0 Å². The molecule has 0 atom stereocenters. The summed E-state index contributed by atoms with van der Waals surface area (Å²) in [4.78, 5) is 10.7. The number of hydrogen-bond acceptors (Lipinski definition) is 1. The Morgan fingerprint density at radius 1 is 1.38 bits per heavy atom. The molecule has 0 unspecified atom stereocenters. The van der Waals surface area contributed by atoms with E-state index in [9.17, 15) is 18.0 Å². The number of alkyl halides is 3. The Morgan fingerprint density at radius 2 is 2.00 bits per heavy atom. The van der Waals surface area contributed by atoms with Crippen LogP contribution in [-0.4, -0.2) is 5.91 Å². The van der Waals surface area contributed by atoms with Crippen molar-refractivity contribution in [1.29, 1.82) is 0 Å². The van der Waals surface area contributed by atoms with Crippen LogP contribution in [0.5, 0.6) is 0 Å². The molecule has 2 nitrogen and oxygen atoms in total. The van der Waals surface area contributed by atoms with Gasteiger partial charge in [-0.2, -0.15) is 13.2 Å². The lowest BCUT2D eigenvalue weighted by Gasteiger charge is -2.07. The van der Waals surface area contributed by atoms with Crippen molar-refractivity contribution in [1.82, 2.24) is 0 Å². The normalized spacial score (nSPS) is 12.6. The Bertz CT molecular complexity index is 435. The molecule has 1 aromatic carbocycles. The van der Waals surface area contributed by atoms with Gasteiger partial charge in [0.25, 0.3) is 0 Å². The summed E-state index contributed by atoms with van der Waals surface area (Å²) in [5, 5.41) is 0. The fraction of sp³-hybridized carbons (Fsp3) is 0.182. The van der Waals surface area contributed by atoms with E-state index in [1.54, 1.807) is 0 Å². The molecular weight excluding hydrogens is 219 g/mol. The van der Waals surface area contributed by atoms with Crippen LogP contribution in [0.15, 0.2) is 29.8 Å². The molecule has 0 saturated carbocycles. The van der Waals surface area contributed by atoms with Gasteiger partial charge in [0.15, 0.2) is 0 Å². The van der Waals surface area contributed by atoms with Gasteiger partial charge in [0.05, 0.1) is 5.56 Å². The Balaban J connectivity index is 3.09. The standard InChI is InChI=1S/C11H10F3NO/c1-7(10(15)16)5-8-3-2-4-9(6-8)11(12,13)14/h2-6H,1H3,(H2,15,16)/b7-5+. The minimum atomic E-state index is -4.38. The molecule has 0 aromatic heterocycles. The number of benzene rings is 1. The molecule has 0 aliphatic rings. The largest absolute Gasteiger partial charge is 0.416 e. The molecule has 1 rings (SSSR count). The molecule has 16 heavy (non-hydrogen) atoms. The monoisotopic (exact) mass is 229 g/mol. The summed E-state index contributed by atoms with van der Waals surface area (Å²) < 4.78 is 37.1. The third-order valence-corrected chi connectivity index (χ3v) is 1.99. The molecule has 0 aliphatic heterocycles. The van der Waals surface area contributed by atoms with Gasteiger partial charge in [-0.3, -0.25) is 4.79 Å². The number of primary amides is 1. The molecule has 2 N–H and O–H groups in total. The summed E-state index contributed by atoms with van der Waals surface area (Å²) in [5.41, 5.74) is 4.73. The number of amides is 1. The van der Waals surface area contributed by atoms with E-state index in [0.29, 0.717) is 5.56 Å². The van der Waals surface area contributed by atoms with Crippen LogP contribution in [0.2, 0.25) is 0 Å². The van der Waals surface area contributed by atoms with Crippen LogP contribution in [0.4, 0.5) is 13.2 Å². The molecule has 0 aliphatic carbocycles. The van der Waals surface area contributed by atoms with Crippen molar-refractivity contribution in [3.05, 3.63) is 41.0 Å². The SMILES string of the molecule is C/C(=C\c1cccc(C(F)(F)F)c1)C(N)=O. The van der Waals surface area contributed by atoms with Crippen LogP contribution < -0.4 is 5.73 Å². The van der Waals surface area contributed by atoms with Gasteiger partial charge >= 0.3 is 6.18 Å². The Labute approximate surface area is 90.6 Å². The van der Waals surface area contributed by atoms with Crippen molar-refractivity contribution in [3.8, 4) is 0 Å². The molecule has 1 amide bonds. The average molecular weight is 229 g/mol. The van der Waals surface area contributed by atoms with Gasteiger partial charge in [-0.05, 0) is 30.7 Å². The van der Waals surface area contributed by atoms with E-state index in [0.717, 1.165) is 12.1 Å². The van der Waals surface area contributed by atoms with E-state index >= 15 is 0 Å². The first kappa shape index (κ1) is 12.3. The predicted molar refractivity (Wildman–Crippen MR) is 54.3 cm³/mol. The van der Waals surface area contributed by atoms with Crippen molar-refractivity contribution >= 4 is 12.0 Å². The minimum Gasteiger partial charge on any atom is -0.366 e. The number of carbonyl (C=O) groups excluding carboxylic acids is 1. The van der Waals surface area contributed by atoms with E-state index < -0.39 is 17.6 Å². The van der Waals surface area contributed by atoms with Crippen LogP contribution in [0.25, 0.3) is 6.08 Å².